The highest BCUT2D eigenvalue weighted by Gasteiger charge is 2.30. The molecule has 0 saturated carbocycles. The number of rotatable bonds is 6. The Kier molecular flexibility index (Phi) is 6.52. The first-order valence-corrected chi connectivity index (χ1v) is 12.8. The van der Waals surface area contributed by atoms with Gasteiger partial charge in [0.15, 0.2) is 0 Å². The van der Waals surface area contributed by atoms with Crippen molar-refractivity contribution in [1.29, 1.82) is 0 Å². The maximum Gasteiger partial charge on any atom is 0.265 e. The van der Waals surface area contributed by atoms with E-state index < -0.39 is 10.0 Å². The van der Waals surface area contributed by atoms with Crippen molar-refractivity contribution in [2.75, 3.05) is 17.8 Å². The summed E-state index contributed by atoms with van der Waals surface area (Å²) in [5, 5.41) is 8.59. The number of nitrogens with one attached hydrogen (secondary N) is 2. The van der Waals surface area contributed by atoms with Crippen LogP contribution in [0.2, 0.25) is 0 Å². The Morgan fingerprint density at radius 2 is 1.82 bits per heavy atom. The first-order valence-electron chi connectivity index (χ1n) is 10.5. The smallest absolute Gasteiger partial charge is 0.265 e. The lowest BCUT2D eigenvalue weighted by molar-refractivity contribution is 0.0699. The molecule has 1 aliphatic rings. The van der Waals surface area contributed by atoms with Gasteiger partial charge >= 0.3 is 0 Å². The van der Waals surface area contributed by atoms with Crippen LogP contribution in [0.4, 0.5) is 5.69 Å². The number of piperidine rings is 1. The van der Waals surface area contributed by atoms with Crippen molar-refractivity contribution in [3.05, 3.63) is 64.1 Å². The van der Waals surface area contributed by atoms with Crippen LogP contribution in [-0.4, -0.2) is 54.0 Å². The number of hydrogen-bond donors (Lipinski definition) is 2. The maximum absolute atomic E-state index is 13.1. The van der Waals surface area contributed by atoms with Crippen LogP contribution in [0.15, 0.2) is 53.0 Å². The molecule has 11 heteroatoms. The lowest BCUT2D eigenvalue weighted by Crippen LogP contribution is -2.46. The molecular formula is C22H25N5O4S2. The highest BCUT2D eigenvalue weighted by atomic mass is 32.2. The summed E-state index contributed by atoms with van der Waals surface area (Å²) in [6.45, 7) is 2.78. The monoisotopic (exact) mass is 487 g/mol. The van der Waals surface area contributed by atoms with Crippen LogP contribution in [-0.2, 0) is 17.1 Å². The molecule has 4 rings (SSSR count). The molecule has 3 aromatic rings. The molecule has 1 aliphatic heterocycles. The third kappa shape index (κ3) is 5.25. The molecule has 2 aromatic heterocycles. The summed E-state index contributed by atoms with van der Waals surface area (Å²) in [6, 6.07) is 8.40. The highest BCUT2D eigenvalue weighted by Crippen LogP contribution is 2.27. The molecule has 0 aliphatic carbocycles. The number of nitrogens with zero attached hydrogens (tertiary/aromatic N) is 3. The Morgan fingerprint density at radius 1 is 1.12 bits per heavy atom. The molecule has 3 heterocycles. The normalized spacial score (nSPS) is 14.8. The van der Waals surface area contributed by atoms with Gasteiger partial charge in [-0.05, 0) is 43.3 Å². The summed E-state index contributed by atoms with van der Waals surface area (Å²) >= 11 is 1.11. The van der Waals surface area contributed by atoms with Crippen molar-refractivity contribution >= 4 is 38.9 Å². The van der Waals surface area contributed by atoms with Crippen molar-refractivity contribution in [2.24, 2.45) is 7.05 Å². The van der Waals surface area contributed by atoms with E-state index in [0.29, 0.717) is 37.2 Å². The van der Waals surface area contributed by atoms with Gasteiger partial charge in [-0.25, -0.2) is 8.42 Å². The third-order valence-corrected chi connectivity index (χ3v) is 7.96. The number of hydrogen-bond acceptors (Lipinski definition) is 6. The van der Waals surface area contributed by atoms with Crippen molar-refractivity contribution in [2.45, 2.75) is 30.7 Å². The number of aryl methyl sites for hydroxylation is 2. The molecule has 174 valence electrons. The minimum atomic E-state index is -3.90. The van der Waals surface area contributed by atoms with E-state index in [0.717, 1.165) is 16.9 Å². The molecule has 0 unspecified atom stereocenters. The molecular weight excluding hydrogens is 462 g/mol. The quantitative estimate of drug-likeness (QED) is 0.555. The summed E-state index contributed by atoms with van der Waals surface area (Å²) < 4.78 is 30.0. The van der Waals surface area contributed by atoms with E-state index in [1.54, 1.807) is 40.3 Å². The van der Waals surface area contributed by atoms with Crippen LogP contribution < -0.4 is 10.0 Å². The Morgan fingerprint density at radius 3 is 2.45 bits per heavy atom. The number of carbonyl (C=O) groups excluding carboxylic acids is 2. The fourth-order valence-corrected chi connectivity index (χ4v) is 6.12. The van der Waals surface area contributed by atoms with Gasteiger partial charge in [0.05, 0.1) is 11.8 Å². The highest BCUT2D eigenvalue weighted by molar-refractivity contribution is 7.93. The Balaban J connectivity index is 1.39. The van der Waals surface area contributed by atoms with Gasteiger partial charge in [-0.3, -0.25) is 19.0 Å². The lowest BCUT2D eigenvalue weighted by Gasteiger charge is -2.32. The molecule has 33 heavy (non-hydrogen) atoms. The molecule has 0 spiro atoms. The van der Waals surface area contributed by atoms with Crippen molar-refractivity contribution in [3.63, 3.8) is 0 Å². The van der Waals surface area contributed by atoms with Crippen molar-refractivity contribution in [1.82, 2.24) is 20.0 Å². The van der Waals surface area contributed by atoms with E-state index in [9.17, 15) is 18.0 Å². The van der Waals surface area contributed by atoms with Crippen LogP contribution in [0.5, 0.6) is 0 Å². The van der Waals surface area contributed by atoms with Gasteiger partial charge in [0.2, 0.25) is 0 Å². The second-order valence-corrected chi connectivity index (χ2v) is 10.6. The summed E-state index contributed by atoms with van der Waals surface area (Å²) in [5.41, 5.74) is 1.95. The molecule has 1 fully saturated rings. The van der Waals surface area contributed by atoms with Gasteiger partial charge in [-0.15, -0.1) is 11.3 Å². The van der Waals surface area contributed by atoms with Gasteiger partial charge < -0.3 is 10.2 Å². The molecule has 0 bridgehead atoms. The van der Waals surface area contributed by atoms with Crippen LogP contribution in [0.3, 0.4) is 0 Å². The number of benzene rings is 1. The van der Waals surface area contributed by atoms with Crippen LogP contribution >= 0.6 is 11.3 Å². The summed E-state index contributed by atoms with van der Waals surface area (Å²) in [7, 11) is -2.16. The van der Waals surface area contributed by atoms with E-state index in [2.05, 4.69) is 15.1 Å². The van der Waals surface area contributed by atoms with E-state index in [4.69, 9.17) is 0 Å². The number of carbonyl (C=O) groups is 2. The zero-order valence-corrected chi connectivity index (χ0v) is 19.9. The predicted molar refractivity (Wildman–Crippen MR) is 126 cm³/mol. The van der Waals surface area contributed by atoms with Gasteiger partial charge in [-0.1, -0.05) is 17.7 Å². The fourth-order valence-electron chi connectivity index (χ4n) is 3.67. The topological polar surface area (TPSA) is 113 Å². The SMILES string of the molecule is Cc1ccc(NS(=O)(=O)c2ccsc2C(=O)N2CCC(NC(=O)c3cnn(C)c3)CC2)cc1. The summed E-state index contributed by atoms with van der Waals surface area (Å²) in [5.74, 6) is -0.506. The molecule has 2 N–H and O–H groups in total. The van der Waals surface area contributed by atoms with Gasteiger partial charge in [0.1, 0.15) is 9.77 Å². The predicted octanol–water partition coefficient (Wildman–Crippen LogP) is 2.63. The zero-order valence-electron chi connectivity index (χ0n) is 18.3. The summed E-state index contributed by atoms with van der Waals surface area (Å²) in [6.07, 6.45) is 4.34. The van der Waals surface area contributed by atoms with E-state index in [1.165, 1.54) is 12.3 Å². The molecule has 1 aromatic carbocycles. The molecule has 9 nitrogen and oxygen atoms in total. The molecule has 0 radical (unpaired) electrons. The van der Waals surface area contributed by atoms with Crippen molar-refractivity contribution < 1.29 is 18.0 Å². The van der Waals surface area contributed by atoms with Crippen LogP contribution in [0.1, 0.15) is 38.4 Å². The largest absolute Gasteiger partial charge is 0.349 e. The van der Waals surface area contributed by atoms with Crippen LogP contribution in [0.25, 0.3) is 0 Å². The minimum Gasteiger partial charge on any atom is -0.349 e. The number of anilines is 1. The van der Waals surface area contributed by atoms with Crippen molar-refractivity contribution in [3.8, 4) is 0 Å². The van der Waals surface area contributed by atoms with Gasteiger partial charge in [0, 0.05) is 38.1 Å². The Hall–Kier alpha value is -3.18. The average molecular weight is 488 g/mol. The number of aromatic nitrogens is 2. The van der Waals surface area contributed by atoms with Gasteiger partial charge in [-0.2, -0.15) is 5.10 Å². The lowest BCUT2D eigenvalue weighted by atomic mass is 10.0. The van der Waals surface area contributed by atoms with Crippen LogP contribution in [0, 0.1) is 6.92 Å². The second kappa shape index (κ2) is 9.36. The minimum absolute atomic E-state index is 0.0231. The number of amides is 2. The summed E-state index contributed by atoms with van der Waals surface area (Å²) in [4.78, 5) is 27.3. The second-order valence-electron chi connectivity index (χ2n) is 8.03. The molecule has 1 saturated heterocycles. The first-order chi connectivity index (χ1) is 15.7. The zero-order chi connectivity index (χ0) is 23.6. The molecule has 2 amide bonds. The van der Waals surface area contributed by atoms with E-state index in [1.807, 2.05) is 19.1 Å². The number of sulfonamides is 1. The number of likely N-dealkylation sites (tertiary alicyclic amines) is 1. The standard InChI is InChI=1S/C22H25N5O4S2/c1-15-3-5-18(6-4-15)25-33(30,31)19-9-12-32-20(19)22(29)27-10-7-17(8-11-27)24-21(28)16-13-23-26(2)14-16/h3-6,9,12-14,17,25H,7-8,10-11H2,1-2H3,(H,24,28). The fraction of sp³-hybridized carbons (Fsp3) is 0.318. The Bertz CT molecular complexity index is 1260. The van der Waals surface area contributed by atoms with E-state index >= 15 is 0 Å². The maximum atomic E-state index is 13.1. The average Bonchev–Trinajstić information content (AvgIpc) is 3.45. The Labute approximate surface area is 196 Å². The van der Waals surface area contributed by atoms with E-state index in [-0.39, 0.29) is 27.6 Å². The molecule has 0 atom stereocenters. The number of thiophene rings is 1. The first kappa shape index (κ1) is 23.0. The van der Waals surface area contributed by atoms with Gasteiger partial charge in [0.25, 0.3) is 21.8 Å². The third-order valence-electron chi connectivity index (χ3n) is 5.50.